The van der Waals surface area contributed by atoms with Gasteiger partial charge in [-0.2, -0.15) is 13.2 Å². The van der Waals surface area contributed by atoms with Gasteiger partial charge in [-0.25, -0.2) is 0 Å². The summed E-state index contributed by atoms with van der Waals surface area (Å²) in [6, 6.07) is 11.1. The van der Waals surface area contributed by atoms with Gasteiger partial charge in [0, 0.05) is 13.1 Å². The third kappa shape index (κ3) is 8.86. The van der Waals surface area contributed by atoms with Crippen LogP contribution in [-0.4, -0.2) is 41.8 Å². The molecule has 0 aromatic heterocycles. The van der Waals surface area contributed by atoms with E-state index in [4.69, 9.17) is 9.47 Å². The van der Waals surface area contributed by atoms with E-state index in [1.165, 1.54) is 12.1 Å². The van der Waals surface area contributed by atoms with Gasteiger partial charge in [0.2, 0.25) is 0 Å². The van der Waals surface area contributed by atoms with Gasteiger partial charge in [-0.05, 0) is 54.7 Å². The Balaban J connectivity index is 2.20. The maximum absolute atomic E-state index is 13.2. The van der Waals surface area contributed by atoms with E-state index in [9.17, 15) is 23.1 Å². The smallest absolute Gasteiger partial charge is 0.471 e. The number of aromatic hydroxyl groups is 1. The zero-order valence-electron chi connectivity index (χ0n) is 19.2. The van der Waals surface area contributed by atoms with Crippen molar-refractivity contribution in [2.75, 3.05) is 19.8 Å². The number of rotatable bonds is 13. The van der Waals surface area contributed by atoms with Crippen LogP contribution in [0.25, 0.3) is 0 Å². The SMILES string of the molecule is CCCCOc1ccc(CN(CCc2ccc(O)cc2)C(=O)C(F)(F)F)cc1OCCCC. The van der Waals surface area contributed by atoms with Crippen LogP contribution < -0.4 is 9.47 Å². The van der Waals surface area contributed by atoms with Crippen molar-refractivity contribution in [1.29, 1.82) is 0 Å². The van der Waals surface area contributed by atoms with E-state index in [1.54, 1.807) is 30.3 Å². The molecular weight excluding hydrogens is 435 g/mol. The second-order valence-corrected chi connectivity index (χ2v) is 7.83. The molecule has 0 aliphatic rings. The standard InChI is InChI=1S/C25H32F3NO4/c1-3-5-15-32-22-12-9-20(17-23(22)33-16-6-4-2)18-29(24(31)25(26,27)28)14-13-19-7-10-21(30)11-8-19/h7-12,17,30H,3-6,13-16,18H2,1-2H3. The lowest BCUT2D eigenvalue weighted by Crippen LogP contribution is -2.41. The van der Waals surface area contributed by atoms with Crippen molar-refractivity contribution in [3.63, 3.8) is 0 Å². The van der Waals surface area contributed by atoms with Gasteiger partial charge in [-0.3, -0.25) is 4.79 Å². The first-order chi connectivity index (χ1) is 15.7. The fourth-order valence-electron chi connectivity index (χ4n) is 3.11. The van der Waals surface area contributed by atoms with Crippen LogP contribution in [0.4, 0.5) is 13.2 Å². The van der Waals surface area contributed by atoms with Crippen molar-refractivity contribution in [1.82, 2.24) is 4.90 Å². The summed E-state index contributed by atoms with van der Waals surface area (Å²) in [6.45, 7) is 4.74. The molecule has 33 heavy (non-hydrogen) atoms. The quantitative estimate of drug-likeness (QED) is 0.374. The molecule has 0 fully saturated rings. The van der Waals surface area contributed by atoms with E-state index >= 15 is 0 Å². The maximum Gasteiger partial charge on any atom is 0.471 e. The summed E-state index contributed by atoms with van der Waals surface area (Å²) < 4.78 is 51.3. The molecule has 0 aliphatic heterocycles. The Morgan fingerprint density at radius 3 is 2.06 bits per heavy atom. The molecule has 0 radical (unpaired) electrons. The van der Waals surface area contributed by atoms with Crippen molar-refractivity contribution in [2.45, 2.75) is 58.7 Å². The van der Waals surface area contributed by atoms with Gasteiger partial charge in [-0.1, -0.05) is 44.9 Å². The van der Waals surface area contributed by atoms with E-state index < -0.39 is 12.1 Å². The van der Waals surface area contributed by atoms with Crippen LogP contribution in [0.2, 0.25) is 0 Å². The van der Waals surface area contributed by atoms with Gasteiger partial charge >= 0.3 is 12.1 Å². The number of ether oxygens (including phenoxy) is 2. The van der Waals surface area contributed by atoms with Crippen molar-refractivity contribution >= 4 is 5.91 Å². The van der Waals surface area contributed by atoms with Gasteiger partial charge in [-0.15, -0.1) is 0 Å². The minimum Gasteiger partial charge on any atom is -0.508 e. The highest BCUT2D eigenvalue weighted by Gasteiger charge is 2.42. The summed E-state index contributed by atoms with van der Waals surface area (Å²) in [5.74, 6) is -0.812. The number of carbonyl (C=O) groups is 1. The summed E-state index contributed by atoms with van der Waals surface area (Å²) in [7, 11) is 0. The first-order valence-electron chi connectivity index (χ1n) is 11.3. The topological polar surface area (TPSA) is 59.0 Å². The predicted molar refractivity (Wildman–Crippen MR) is 121 cm³/mol. The van der Waals surface area contributed by atoms with E-state index in [-0.39, 0.29) is 25.3 Å². The van der Waals surface area contributed by atoms with E-state index in [1.807, 2.05) is 6.92 Å². The first-order valence-corrected chi connectivity index (χ1v) is 11.3. The number of amides is 1. The number of carbonyl (C=O) groups excluding carboxylic acids is 1. The largest absolute Gasteiger partial charge is 0.508 e. The molecule has 0 saturated heterocycles. The fourth-order valence-corrected chi connectivity index (χ4v) is 3.11. The number of phenolic OH excluding ortho intramolecular Hbond substituents is 1. The normalized spacial score (nSPS) is 11.3. The molecule has 0 bridgehead atoms. The van der Waals surface area contributed by atoms with Crippen LogP contribution in [0, 0.1) is 0 Å². The number of halogens is 3. The van der Waals surface area contributed by atoms with Crippen molar-refractivity contribution in [3.05, 3.63) is 53.6 Å². The summed E-state index contributed by atoms with van der Waals surface area (Å²) >= 11 is 0. The Bertz CT molecular complexity index is 869. The number of unbranched alkanes of at least 4 members (excludes halogenated alkanes) is 2. The molecule has 0 heterocycles. The molecule has 0 saturated carbocycles. The van der Waals surface area contributed by atoms with Crippen molar-refractivity contribution < 1.29 is 32.5 Å². The Morgan fingerprint density at radius 2 is 1.48 bits per heavy atom. The number of alkyl halides is 3. The molecule has 1 amide bonds. The zero-order valence-corrected chi connectivity index (χ0v) is 19.2. The number of hydrogen-bond donors (Lipinski definition) is 1. The lowest BCUT2D eigenvalue weighted by Gasteiger charge is -2.24. The summed E-state index contributed by atoms with van der Waals surface area (Å²) in [4.78, 5) is 12.9. The van der Waals surface area contributed by atoms with Crippen LogP contribution in [0.3, 0.4) is 0 Å². The van der Waals surface area contributed by atoms with Crippen molar-refractivity contribution in [2.24, 2.45) is 0 Å². The van der Waals surface area contributed by atoms with Gasteiger partial charge in [0.1, 0.15) is 5.75 Å². The number of hydrogen-bond acceptors (Lipinski definition) is 4. The molecule has 0 aliphatic carbocycles. The number of phenols is 1. The third-order valence-electron chi connectivity index (χ3n) is 5.03. The Morgan fingerprint density at radius 1 is 0.909 bits per heavy atom. The van der Waals surface area contributed by atoms with Gasteiger partial charge in [0.25, 0.3) is 0 Å². The van der Waals surface area contributed by atoms with E-state index in [0.29, 0.717) is 30.3 Å². The number of benzene rings is 2. The zero-order chi connectivity index (χ0) is 24.3. The lowest BCUT2D eigenvalue weighted by atomic mass is 10.1. The Labute approximate surface area is 193 Å². The van der Waals surface area contributed by atoms with Crippen molar-refractivity contribution in [3.8, 4) is 17.2 Å². The average molecular weight is 468 g/mol. The monoisotopic (exact) mass is 467 g/mol. The first kappa shape index (κ1) is 26.4. The second kappa shape index (κ2) is 13.0. The molecule has 0 unspecified atom stereocenters. The molecule has 2 aromatic rings. The lowest BCUT2D eigenvalue weighted by molar-refractivity contribution is -0.186. The van der Waals surface area contributed by atoms with E-state index in [2.05, 4.69) is 6.92 Å². The number of nitrogens with zero attached hydrogens (tertiary/aromatic N) is 1. The molecule has 0 atom stereocenters. The molecule has 8 heteroatoms. The van der Waals surface area contributed by atoms with Crippen LogP contribution in [0.5, 0.6) is 17.2 Å². The van der Waals surface area contributed by atoms with Crippen LogP contribution in [0.1, 0.15) is 50.7 Å². The molecule has 2 aromatic carbocycles. The maximum atomic E-state index is 13.2. The highest BCUT2D eigenvalue weighted by Crippen LogP contribution is 2.30. The van der Waals surface area contributed by atoms with Crippen LogP contribution in [-0.2, 0) is 17.8 Å². The Hall–Kier alpha value is -2.90. The third-order valence-corrected chi connectivity index (χ3v) is 5.03. The second-order valence-electron chi connectivity index (χ2n) is 7.83. The van der Waals surface area contributed by atoms with Crippen LogP contribution in [0.15, 0.2) is 42.5 Å². The Kier molecular flexibility index (Phi) is 10.4. The molecule has 0 spiro atoms. The highest BCUT2D eigenvalue weighted by atomic mass is 19.4. The summed E-state index contributed by atoms with van der Waals surface area (Å²) in [5.41, 5.74) is 1.24. The van der Waals surface area contributed by atoms with Gasteiger partial charge in [0.15, 0.2) is 11.5 Å². The van der Waals surface area contributed by atoms with Gasteiger partial charge in [0.05, 0.1) is 13.2 Å². The average Bonchev–Trinajstić information content (AvgIpc) is 2.78. The summed E-state index contributed by atoms with van der Waals surface area (Å²) in [5, 5.41) is 9.38. The molecular formula is C25H32F3NO4. The van der Waals surface area contributed by atoms with E-state index in [0.717, 1.165) is 36.1 Å². The highest BCUT2D eigenvalue weighted by molar-refractivity contribution is 5.81. The van der Waals surface area contributed by atoms with Gasteiger partial charge < -0.3 is 19.5 Å². The minimum absolute atomic E-state index is 0.0684. The molecule has 182 valence electrons. The molecule has 2 rings (SSSR count). The van der Waals surface area contributed by atoms with Crippen LogP contribution >= 0.6 is 0 Å². The molecule has 1 N–H and O–H groups in total. The molecule has 5 nitrogen and oxygen atoms in total. The predicted octanol–water partition coefficient (Wildman–Crippen LogP) is 5.88. The summed E-state index contributed by atoms with van der Waals surface area (Å²) in [6.07, 6.45) is -1.12. The fraction of sp³-hybridized carbons (Fsp3) is 0.480. The minimum atomic E-state index is -4.97.